The van der Waals surface area contributed by atoms with Gasteiger partial charge in [0, 0.05) is 0 Å². The second-order valence-corrected chi connectivity index (χ2v) is 7.21. The van der Waals surface area contributed by atoms with Crippen LogP contribution in [0.25, 0.3) is 0 Å². The first-order chi connectivity index (χ1) is 17.5. The van der Waals surface area contributed by atoms with Crippen LogP contribution in [0.3, 0.4) is 0 Å². The molecular weight excluding hydrogens is 702 g/mol. The van der Waals surface area contributed by atoms with Gasteiger partial charge in [-0.15, -0.1) is 4.90 Å². The van der Waals surface area contributed by atoms with Crippen LogP contribution >= 0.6 is 0 Å². The molecule has 0 aromatic rings. The van der Waals surface area contributed by atoms with Crippen LogP contribution in [0.4, 0.5) is 123 Å². The Hall–Kier alpha value is -2.00. The van der Waals surface area contributed by atoms with Crippen LogP contribution in [0.5, 0.6) is 0 Å². The lowest BCUT2D eigenvalue weighted by molar-refractivity contribution is -0.489. The molecule has 253 valence electrons. The fourth-order valence-electron chi connectivity index (χ4n) is 2.76. The third-order valence-electron chi connectivity index (χ3n) is 4.50. The Bertz CT molecular complexity index is 909. The van der Waals surface area contributed by atoms with Gasteiger partial charge in [-0.3, -0.25) is 0 Å². The Labute approximate surface area is 208 Å². The highest BCUT2D eigenvalue weighted by molar-refractivity contribution is 5.36. The highest BCUT2D eigenvalue weighted by Crippen LogP contribution is 2.70. The Kier molecular flexibility index (Phi) is 9.29. The lowest BCUT2D eigenvalue weighted by Gasteiger charge is -2.52. The number of rotatable bonds is 7. The third-order valence-corrected chi connectivity index (χ3v) is 4.50. The van der Waals surface area contributed by atoms with E-state index in [4.69, 9.17) is 0 Å². The smallest absolute Gasteiger partial charge is 0.231 e. The molecule has 0 rings (SSSR count). The van der Waals surface area contributed by atoms with E-state index in [1.54, 1.807) is 0 Å². The van der Waals surface area contributed by atoms with E-state index in [9.17, 15) is 123 Å². The van der Waals surface area contributed by atoms with E-state index >= 15 is 0 Å². The Morgan fingerprint density at radius 2 is 0.595 bits per heavy atom. The van der Waals surface area contributed by atoms with Gasteiger partial charge in [0.15, 0.2) is 0 Å². The lowest BCUT2D eigenvalue weighted by Crippen LogP contribution is -2.82. The van der Waals surface area contributed by atoms with Crippen LogP contribution in [0.2, 0.25) is 0 Å². The highest BCUT2D eigenvalue weighted by atomic mass is 19.5. The predicted octanol–water partition coefficient (Wildman–Crippen LogP) is 9.07. The van der Waals surface area contributed by atoms with Gasteiger partial charge >= 0.3 is 66.8 Å². The molecule has 29 heteroatoms. The van der Waals surface area contributed by atoms with Crippen molar-refractivity contribution in [1.29, 1.82) is 0 Å². The fraction of sp³-hybridized carbons (Fsp3) is 0.923. The summed E-state index contributed by atoms with van der Waals surface area (Å²) in [4.78, 5) is -5.83. The zero-order valence-corrected chi connectivity index (χ0v) is 17.5. The van der Waals surface area contributed by atoms with Gasteiger partial charge in [0.1, 0.15) is 0 Å². The number of halogens is 28. The molecule has 0 amide bonds. The van der Waals surface area contributed by atoms with E-state index in [1.165, 1.54) is 0 Å². The van der Waals surface area contributed by atoms with Gasteiger partial charge in [0.05, 0.1) is 0 Å². The molecular formula is C13F28N. The zero-order chi connectivity index (χ0) is 35.2. The van der Waals surface area contributed by atoms with Gasteiger partial charge in [0.25, 0.3) is 5.67 Å². The molecule has 1 radical (unpaired) electrons. The minimum absolute atomic E-state index is 5.83. The van der Waals surface area contributed by atoms with Crippen LogP contribution in [-0.2, 0) is 0 Å². The third kappa shape index (κ3) is 5.53. The maximum Gasteiger partial charge on any atom is 0.469 e. The van der Waals surface area contributed by atoms with E-state index < -0.39 is 83.3 Å². The second kappa shape index (κ2) is 9.75. The average molecular weight is 702 g/mol. The van der Waals surface area contributed by atoms with Crippen molar-refractivity contribution in [3.05, 3.63) is 5.92 Å². The first kappa shape index (κ1) is 40.0. The molecule has 0 aromatic heterocycles. The summed E-state index contributed by atoms with van der Waals surface area (Å²) in [5, 5.41) is 0. The van der Waals surface area contributed by atoms with Crippen LogP contribution in [0.15, 0.2) is 0 Å². The zero-order valence-electron chi connectivity index (χ0n) is 17.5. The van der Waals surface area contributed by atoms with E-state index in [0.29, 0.717) is 0 Å². The monoisotopic (exact) mass is 702 g/mol. The molecule has 0 aliphatic carbocycles. The topological polar surface area (TPSA) is 3.24 Å². The first-order valence-corrected chi connectivity index (χ1v) is 8.46. The lowest BCUT2D eigenvalue weighted by atomic mass is 9.68. The van der Waals surface area contributed by atoms with Crippen LogP contribution in [-0.4, -0.2) is 77.4 Å². The van der Waals surface area contributed by atoms with Gasteiger partial charge in [-0.05, 0) is 0 Å². The molecule has 0 bridgehead atoms. The maximum absolute atomic E-state index is 14.9. The molecule has 0 fully saturated rings. The van der Waals surface area contributed by atoms with E-state index in [2.05, 4.69) is 0 Å². The second-order valence-electron chi connectivity index (χ2n) is 7.21. The van der Waals surface area contributed by atoms with Gasteiger partial charge < -0.3 is 0 Å². The summed E-state index contributed by atoms with van der Waals surface area (Å²) >= 11 is 0. The number of hydrogen-bond donors (Lipinski definition) is 0. The molecule has 0 aliphatic rings. The number of nitrogens with zero attached hydrogens (tertiary/aromatic N) is 1. The molecule has 0 aromatic carbocycles. The molecule has 0 spiro atoms. The average Bonchev–Trinajstić information content (AvgIpc) is 2.59. The minimum atomic E-state index is -10.3. The maximum atomic E-state index is 14.9. The molecule has 0 saturated carbocycles. The summed E-state index contributed by atoms with van der Waals surface area (Å²) in [6.45, 7) is 0. The van der Waals surface area contributed by atoms with Crippen molar-refractivity contribution >= 4 is 0 Å². The molecule has 42 heavy (non-hydrogen) atoms. The Morgan fingerprint density at radius 3 is 0.762 bits per heavy atom. The van der Waals surface area contributed by atoms with Gasteiger partial charge in [0.2, 0.25) is 5.92 Å². The summed E-state index contributed by atoms with van der Waals surface area (Å²) in [5.74, 6) is -17.3. The molecule has 1 unspecified atom stereocenters. The number of alkyl halides is 28. The van der Waals surface area contributed by atoms with Gasteiger partial charge in [-0.1, -0.05) is 0 Å². The normalized spacial score (nSPS) is 18.1. The standard InChI is InChI=1S/C13F28N/c14-2(6(21,22)9(29,30)31,5(20,7(23,24)25)8(26,27)28)1(3(15,16)17)4(18,19)42(12(38,39)10(32,33)34)13(40,41)11(35,36)37. The summed E-state index contributed by atoms with van der Waals surface area (Å²) in [7, 11) is 0. The Morgan fingerprint density at radius 1 is 0.333 bits per heavy atom. The van der Waals surface area contributed by atoms with Crippen molar-refractivity contribution in [3.63, 3.8) is 0 Å². The quantitative estimate of drug-likeness (QED) is 0.189. The van der Waals surface area contributed by atoms with Crippen LogP contribution < -0.4 is 0 Å². The highest BCUT2D eigenvalue weighted by Gasteiger charge is 3.00. The fourth-order valence-corrected chi connectivity index (χ4v) is 2.76. The molecule has 0 N–H and O–H groups in total. The van der Waals surface area contributed by atoms with E-state index in [0.717, 1.165) is 0 Å². The predicted molar refractivity (Wildman–Crippen MR) is 68.9 cm³/mol. The van der Waals surface area contributed by atoms with Gasteiger partial charge in [-0.25, -0.2) is 8.78 Å². The summed E-state index contributed by atoms with van der Waals surface area (Å²) < 4.78 is 369. The van der Waals surface area contributed by atoms with Crippen LogP contribution in [0, 0.1) is 5.92 Å². The van der Waals surface area contributed by atoms with E-state index in [1.807, 2.05) is 0 Å². The van der Waals surface area contributed by atoms with Crippen molar-refractivity contribution < 1.29 is 123 Å². The summed E-state index contributed by atoms with van der Waals surface area (Å²) in [5.41, 5.74) is -20.3. The van der Waals surface area contributed by atoms with Crippen molar-refractivity contribution in [2.75, 3.05) is 0 Å². The summed E-state index contributed by atoms with van der Waals surface area (Å²) in [6, 6.07) is -28.3. The van der Waals surface area contributed by atoms with Crippen molar-refractivity contribution in [2.45, 2.75) is 72.5 Å². The van der Waals surface area contributed by atoms with Crippen molar-refractivity contribution in [1.82, 2.24) is 4.90 Å². The SMILES string of the molecule is FC(F)(F)[C](C(F)(F)N(C(F)(F)C(F)(F)F)C(F)(F)C(F)(F)F)C(F)(C(F)(F)C(F)(F)F)C(F)(C(F)(F)F)C(F)(F)F. The van der Waals surface area contributed by atoms with Crippen molar-refractivity contribution in [2.24, 2.45) is 0 Å². The molecule has 0 saturated heterocycles. The largest absolute Gasteiger partial charge is 0.469 e. The molecule has 0 aliphatic heterocycles. The first-order valence-electron chi connectivity index (χ1n) is 8.46. The molecule has 1 atom stereocenters. The van der Waals surface area contributed by atoms with Crippen LogP contribution in [0.1, 0.15) is 0 Å². The van der Waals surface area contributed by atoms with E-state index in [-0.39, 0.29) is 0 Å². The summed E-state index contributed by atoms with van der Waals surface area (Å²) in [6.07, 6.45) is -54.2. The molecule has 1 nitrogen and oxygen atoms in total. The number of hydrogen-bond acceptors (Lipinski definition) is 1. The minimum Gasteiger partial charge on any atom is -0.231 e. The Balaban J connectivity index is 8.96. The van der Waals surface area contributed by atoms with Crippen molar-refractivity contribution in [3.8, 4) is 0 Å². The molecule has 0 heterocycles. The van der Waals surface area contributed by atoms with Gasteiger partial charge in [-0.2, -0.15) is 114 Å².